The first-order valence-electron chi connectivity index (χ1n) is 12.9. The zero-order valence-electron chi connectivity index (χ0n) is 21.3. The zero-order chi connectivity index (χ0) is 27.5. The van der Waals surface area contributed by atoms with Crippen LogP contribution in [0.1, 0.15) is 26.7 Å². The largest absolute Gasteiger partial charge is 0.477 e. The minimum Gasteiger partial charge on any atom is -0.477 e. The molecule has 13 nitrogen and oxygen atoms in total. The van der Waals surface area contributed by atoms with Crippen LogP contribution in [-0.2, 0) is 29.0 Å². The SMILES string of the molecule is C[C@@H](NC(=O)[C@H]1CS(=O)(=O)CN1)[C@H]1C(=O)N2C(C(=O)O)=C(S[C@@H]3CN[C@H](C(=O)N4CC[C@H](N)C4)C3)[C@H](C)[C@@H]12. The fourth-order valence-corrected chi connectivity index (χ4v) is 9.08. The Bertz CT molecular complexity index is 1190. The van der Waals surface area contributed by atoms with Gasteiger partial charge in [0.15, 0.2) is 9.84 Å². The van der Waals surface area contributed by atoms with Gasteiger partial charge in [0.2, 0.25) is 17.7 Å². The van der Waals surface area contributed by atoms with Crippen molar-refractivity contribution in [3.63, 3.8) is 0 Å². The number of sulfone groups is 1. The molecule has 5 heterocycles. The molecule has 0 bridgehead atoms. The molecule has 0 aromatic carbocycles. The number of hydrogen-bond acceptors (Lipinski definition) is 10. The number of rotatable bonds is 7. The highest BCUT2D eigenvalue weighted by atomic mass is 32.2. The van der Waals surface area contributed by atoms with Crippen LogP contribution in [0.15, 0.2) is 10.6 Å². The molecule has 3 amide bonds. The Labute approximate surface area is 225 Å². The highest BCUT2D eigenvalue weighted by Crippen LogP contribution is 2.51. The summed E-state index contributed by atoms with van der Waals surface area (Å²) in [5.74, 6) is -3.52. The Morgan fingerprint density at radius 2 is 1.97 bits per heavy atom. The van der Waals surface area contributed by atoms with Crippen LogP contribution in [0.2, 0.25) is 0 Å². The molecule has 4 fully saturated rings. The summed E-state index contributed by atoms with van der Waals surface area (Å²) in [5, 5.41) is 18.7. The van der Waals surface area contributed by atoms with Crippen molar-refractivity contribution in [3.8, 4) is 0 Å². The van der Waals surface area contributed by atoms with E-state index in [0.717, 1.165) is 6.42 Å². The molecular weight excluding hydrogens is 536 g/mol. The Morgan fingerprint density at radius 1 is 1.24 bits per heavy atom. The summed E-state index contributed by atoms with van der Waals surface area (Å²) in [4.78, 5) is 54.6. The second kappa shape index (κ2) is 10.1. The van der Waals surface area contributed by atoms with E-state index in [4.69, 9.17) is 5.73 Å². The fraction of sp³-hybridized carbons (Fsp3) is 0.739. The van der Waals surface area contributed by atoms with E-state index in [-0.39, 0.29) is 52.4 Å². The van der Waals surface area contributed by atoms with Gasteiger partial charge in [0.25, 0.3) is 0 Å². The number of amides is 3. The van der Waals surface area contributed by atoms with Crippen molar-refractivity contribution in [3.05, 3.63) is 10.6 Å². The van der Waals surface area contributed by atoms with Crippen LogP contribution in [0.5, 0.6) is 0 Å². The Balaban J connectivity index is 1.24. The van der Waals surface area contributed by atoms with Crippen LogP contribution in [0.4, 0.5) is 0 Å². The number of β-lactam (4-membered cyclic amide) rings is 1. The molecule has 0 aromatic heterocycles. The molecule has 15 heteroatoms. The van der Waals surface area contributed by atoms with Crippen molar-refractivity contribution in [1.29, 1.82) is 0 Å². The van der Waals surface area contributed by atoms with E-state index in [1.165, 1.54) is 16.7 Å². The minimum absolute atomic E-state index is 0.00204. The number of likely N-dealkylation sites (tertiary alicyclic amines) is 1. The van der Waals surface area contributed by atoms with Gasteiger partial charge in [0.1, 0.15) is 11.7 Å². The predicted octanol–water partition coefficient (Wildman–Crippen LogP) is -2.37. The maximum absolute atomic E-state index is 13.1. The Hall–Kier alpha value is -2.20. The van der Waals surface area contributed by atoms with Gasteiger partial charge in [-0.1, -0.05) is 6.92 Å². The van der Waals surface area contributed by atoms with Gasteiger partial charge < -0.3 is 31.3 Å². The molecule has 0 unspecified atom stereocenters. The van der Waals surface area contributed by atoms with Crippen LogP contribution in [0, 0.1) is 11.8 Å². The lowest BCUT2D eigenvalue weighted by atomic mass is 9.78. The number of nitrogens with one attached hydrogen (secondary N) is 3. The number of carboxylic acids is 1. The average Bonchev–Trinajstić information content (AvgIpc) is 3.61. The smallest absolute Gasteiger partial charge is 0.353 e. The second-order valence-corrected chi connectivity index (χ2v) is 14.4. The molecule has 38 heavy (non-hydrogen) atoms. The summed E-state index contributed by atoms with van der Waals surface area (Å²) >= 11 is 1.40. The van der Waals surface area contributed by atoms with E-state index in [2.05, 4.69) is 16.0 Å². The predicted molar refractivity (Wildman–Crippen MR) is 138 cm³/mol. The van der Waals surface area contributed by atoms with Crippen LogP contribution in [-0.4, -0.2) is 114 Å². The fourth-order valence-electron chi connectivity index (χ4n) is 6.25. The molecule has 0 saturated carbocycles. The second-order valence-electron chi connectivity index (χ2n) is 10.9. The number of hydrogen-bond donors (Lipinski definition) is 5. The number of nitrogens with two attached hydrogens (primary N) is 1. The quantitative estimate of drug-likeness (QED) is 0.206. The van der Waals surface area contributed by atoms with Crippen molar-refractivity contribution in [2.45, 2.75) is 62.1 Å². The highest BCUT2D eigenvalue weighted by molar-refractivity contribution is 8.03. The van der Waals surface area contributed by atoms with Crippen molar-refractivity contribution in [2.24, 2.45) is 17.6 Å². The molecule has 210 valence electrons. The van der Waals surface area contributed by atoms with E-state index in [0.29, 0.717) is 31.0 Å². The molecule has 0 spiro atoms. The van der Waals surface area contributed by atoms with Gasteiger partial charge in [-0.2, -0.15) is 0 Å². The van der Waals surface area contributed by atoms with Crippen LogP contribution < -0.4 is 21.7 Å². The van der Waals surface area contributed by atoms with E-state index < -0.39 is 45.8 Å². The number of aliphatic carboxylic acids is 1. The first-order chi connectivity index (χ1) is 17.9. The first-order valence-corrected chi connectivity index (χ1v) is 15.6. The molecule has 5 aliphatic heterocycles. The molecule has 8 atom stereocenters. The Morgan fingerprint density at radius 3 is 2.58 bits per heavy atom. The third-order valence-electron chi connectivity index (χ3n) is 8.21. The molecule has 5 aliphatic rings. The molecule has 0 aromatic rings. The summed E-state index contributed by atoms with van der Waals surface area (Å²) in [6, 6.07) is -2.26. The van der Waals surface area contributed by atoms with Crippen molar-refractivity contribution in [1.82, 2.24) is 25.8 Å². The number of carboxylic acid groups (broad SMARTS) is 1. The van der Waals surface area contributed by atoms with Gasteiger partial charge >= 0.3 is 5.97 Å². The number of nitrogens with zero attached hydrogens (tertiary/aromatic N) is 2. The normalized spacial score (nSPS) is 36.8. The van der Waals surface area contributed by atoms with E-state index in [1.54, 1.807) is 11.8 Å². The minimum atomic E-state index is -3.33. The van der Waals surface area contributed by atoms with E-state index >= 15 is 0 Å². The average molecular weight is 571 g/mol. The van der Waals surface area contributed by atoms with Crippen molar-refractivity contribution in [2.75, 3.05) is 31.3 Å². The van der Waals surface area contributed by atoms with Crippen LogP contribution in [0.25, 0.3) is 0 Å². The monoisotopic (exact) mass is 570 g/mol. The molecule has 4 saturated heterocycles. The molecule has 0 radical (unpaired) electrons. The van der Waals surface area contributed by atoms with Gasteiger partial charge in [-0.05, 0) is 19.8 Å². The summed E-state index contributed by atoms with van der Waals surface area (Å²) < 4.78 is 23.4. The van der Waals surface area contributed by atoms with E-state index in [9.17, 15) is 32.7 Å². The maximum Gasteiger partial charge on any atom is 0.353 e. The molecule has 6 N–H and O–H groups in total. The molecular formula is C23H34N6O7S2. The summed E-state index contributed by atoms with van der Waals surface area (Å²) in [5.41, 5.74) is 5.91. The van der Waals surface area contributed by atoms with Gasteiger partial charge in [0, 0.05) is 47.8 Å². The zero-order valence-corrected chi connectivity index (χ0v) is 22.9. The molecule has 5 rings (SSSR count). The lowest BCUT2D eigenvalue weighted by Gasteiger charge is -2.47. The topological polar surface area (TPSA) is 191 Å². The third kappa shape index (κ3) is 4.83. The van der Waals surface area contributed by atoms with Gasteiger partial charge in [0.05, 0.1) is 29.6 Å². The third-order valence-corrected chi connectivity index (χ3v) is 11.2. The van der Waals surface area contributed by atoms with Crippen molar-refractivity contribution >= 4 is 45.3 Å². The molecule has 0 aliphatic carbocycles. The number of thioether (sulfide) groups is 1. The standard InChI is InChI=1S/C23H34N6O7S2/c1-10-17-16(11(2)27-20(30)15-8-38(35,36)9-26-15)22(32)29(17)18(23(33)34)19(10)37-13-5-14(25-6-13)21(31)28-4-3-12(24)7-28/h10-17,25-26H,3-9,24H2,1-2H3,(H,27,30)(H,33,34)/t10-,11-,12+,13+,14+,15-,16-,17+/m1/s1. The number of carbonyl (C=O) groups excluding carboxylic acids is 3. The lowest BCUT2D eigenvalue weighted by Crippen LogP contribution is -2.66. The van der Waals surface area contributed by atoms with Crippen molar-refractivity contribution < 1.29 is 32.7 Å². The van der Waals surface area contributed by atoms with Gasteiger partial charge in [-0.3, -0.25) is 19.7 Å². The summed E-state index contributed by atoms with van der Waals surface area (Å²) in [7, 11) is -3.33. The number of fused-ring (bicyclic) bond motifs is 1. The number of carbonyl (C=O) groups is 4. The summed E-state index contributed by atoms with van der Waals surface area (Å²) in [6.07, 6.45) is 1.33. The maximum atomic E-state index is 13.1. The van der Waals surface area contributed by atoms with E-state index in [1.807, 2.05) is 6.92 Å². The van der Waals surface area contributed by atoms with Crippen LogP contribution >= 0.6 is 11.8 Å². The van der Waals surface area contributed by atoms with Crippen LogP contribution in [0.3, 0.4) is 0 Å². The highest BCUT2D eigenvalue weighted by Gasteiger charge is 2.60. The first kappa shape index (κ1) is 27.4. The lowest BCUT2D eigenvalue weighted by molar-refractivity contribution is -0.158. The Kier molecular flexibility index (Phi) is 7.26. The van der Waals surface area contributed by atoms with Gasteiger partial charge in [-0.15, -0.1) is 11.8 Å². The summed E-state index contributed by atoms with van der Waals surface area (Å²) in [6.45, 7) is 5.28. The van der Waals surface area contributed by atoms with Gasteiger partial charge in [-0.25, -0.2) is 13.2 Å².